The van der Waals surface area contributed by atoms with Gasteiger partial charge in [0, 0.05) is 38.4 Å². The molecule has 0 atom stereocenters. The van der Waals surface area contributed by atoms with E-state index in [9.17, 15) is 12.8 Å². The summed E-state index contributed by atoms with van der Waals surface area (Å²) in [5.74, 6) is -0.831. The van der Waals surface area contributed by atoms with Crippen LogP contribution in [0.4, 0.5) is 10.1 Å². The minimum Gasteiger partial charge on any atom is -0.399 e. The van der Waals surface area contributed by atoms with E-state index in [1.807, 2.05) is 4.90 Å². The molecule has 8 heteroatoms. The lowest BCUT2D eigenvalue weighted by molar-refractivity contribution is 0.151. The first-order valence-electron chi connectivity index (χ1n) is 6.33. The third kappa shape index (κ3) is 3.09. The zero-order valence-corrected chi connectivity index (χ0v) is 11.8. The van der Waals surface area contributed by atoms with Crippen LogP contribution in [0.2, 0.25) is 0 Å². The summed E-state index contributed by atoms with van der Waals surface area (Å²) in [6.45, 7) is 2.18. The second-order valence-electron chi connectivity index (χ2n) is 4.66. The van der Waals surface area contributed by atoms with E-state index in [-0.39, 0.29) is 30.3 Å². The van der Waals surface area contributed by atoms with Crippen LogP contribution in [0, 0.1) is 5.82 Å². The number of rotatable bonds is 4. The molecule has 0 saturated carbocycles. The van der Waals surface area contributed by atoms with Crippen LogP contribution in [-0.4, -0.2) is 62.1 Å². The Balaban J connectivity index is 2.15. The molecule has 0 aliphatic carbocycles. The van der Waals surface area contributed by atoms with E-state index in [0.29, 0.717) is 19.6 Å². The highest BCUT2D eigenvalue weighted by Crippen LogP contribution is 2.22. The lowest BCUT2D eigenvalue weighted by atomic mass is 10.3. The van der Waals surface area contributed by atoms with E-state index in [1.54, 1.807) is 0 Å². The molecule has 0 radical (unpaired) electrons. The number of nitrogens with zero attached hydrogens (tertiary/aromatic N) is 2. The number of nitrogens with two attached hydrogens (primary N) is 1. The lowest BCUT2D eigenvalue weighted by Gasteiger charge is -2.33. The zero-order chi connectivity index (χ0) is 14.8. The van der Waals surface area contributed by atoms with Crippen molar-refractivity contribution in [3.63, 3.8) is 0 Å². The highest BCUT2D eigenvalue weighted by atomic mass is 32.2. The molecule has 2 rings (SSSR count). The minimum absolute atomic E-state index is 0.0410. The van der Waals surface area contributed by atoms with Gasteiger partial charge in [0.1, 0.15) is 10.7 Å². The first-order chi connectivity index (χ1) is 9.45. The normalized spacial score (nSPS) is 18.3. The maximum absolute atomic E-state index is 13.8. The summed E-state index contributed by atoms with van der Waals surface area (Å²) in [7, 11) is -3.83. The monoisotopic (exact) mass is 303 g/mol. The van der Waals surface area contributed by atoms with Gasteiger partial charge in [0.2, 0.25) is 10.0 Å². The predicted octanol–water partition coefficient (Wildman–Crippen LogP) is -0.293. The molecule has 6 nitrogen and oxygen atoms in total. The molecule has 0 bridgehead atoms. The van der Waals surface area contributed by atoms with Crippen LogP contribution in [-0.2, 0) is 10.0 Å². The molecule has 20 heavy (non-hydrogen) atoms. The number of piperazine rings is 1. The fourth-order valence-electron chi connectivity index (χ4n) is 2.20. The van der Waals surface area contributed by atoms with Crippen LogP contribution in [0.25, 0.3) is 0 Å². The van der Waals surface area contributed by atoms with Crippen molar-refractivity contribution in [2.24, 2.45) is 0 Å². The molecule has 0 amide bonds. The molecule has 1 aromatic rings. The molecule has 1 saturated heterocycles. The molecule has 1 fully saturated rings. The first-order valence-corrected chi connectivity index (χ1v) is 7.77. The number of hydrogen-bond acceptors (Lipinski definition) is 5. The van der Waals surface area contributed by atoms with Crippen LogP contribution in [0.1, 0.15) is 0 Å². The molecule has 3 N–H and O–H groups in total. The number of β-amino-alcohol motifs (C(OH)–C–C–N with tert-alkyl or cyclic N) is 1. The van der Waals surface area contributed by atoms with Gasteiger partial charge in [-0.25, -0.2) is 12.8 Å². The molecule has 1 aliphatic rings. The Morgan fingerprint density at radius 1 is 1.25 bits per heavy atom. The summed E-state index contributed by atoms with van der Waals surface area (Å²) in [5, 5.41) is 8.85. The van der Waals surface area contributed by atoms with Crippen molar-refractivity contribution >= 4 is 15.7 Å². The zero-order valence-electron chi connectivity index (χ0n) is 11.0. The van der Waals surface area contributed by atoms with Crippen molar-refractivity contribution < 1.29 is 17.9 Å². The van der Waals surface area contributed by atoms with E-state index in [4.69, 9.17) is 10.8 Å². The Morgan fingerprint density at radius 3 is 2.45 bits per heavy atom. The Hall–Kier alpha value is -1.22. The van der Waals surface area contributed by atoms with Gasteiger partial charge in [0.25, 0.3) is 0 Å². The van der Waals surface area contributed by atoms with Crippen LogP contribution in [0.15, 0.2) is 23.1 Å². The highest BCUT2D eigenvalue weighted by molar-refractivity contribution is 7.89. The number of nitrogen functional groups attached to an aromatic ring is 1. The van der Waals surface area contributed by atoms with Crippen molar-refractivity contribution in [3.8, 4) is 0 Å². The number of aliphatic hydroxyl groups is 1. The summed E-state index contributed by atoms with van der Waals surface area (Å²) >= 11 is 0. The van der Waals surface area contributed by atoms with Gasteiger partial charge in [0.05, 0.1) is 6.61 Å². The van der Waals surface area contributed by atoms with Gasteiger partial charge in [-0.15, -0.1) is 0 Å². The van der Waals surface area contributed by atoms with Crippen molar-refractivity contribution in [2.45, 2.75) is 4.90 Å². The maximum atomic E-state index is 13.8. The lowest BCUT2D eigenvalue weighted by Crippen LogP contribution is -2.49. The summed E-state index contributed by atoms with van der Waals surface area (Å²) in [4.78, 5) is 1.62. The molecule has 0 unspecified atom stereocenters. The first kappa shape index (κ1) is 15.2. The van der Waals surface area contributed by atoms with Crippen LogP contribution in [0.5, 0.6) is 0 Å². The van der Waals surface area contributed by atoms with Crippen LogP contribution >= 0.6 is 0 Å². The van der Waals surface area contributed by atoms with Crippen molar-refractivity contribution in [2.75, 3.05) is 45.1 Å². The van der Waals surface area contributed by atoms with Gasteiger partial charge in [-0.3, -0.25) is 4.90 Å². The Labute approximate surface area is 117 Å². The van der Waals surface area contributed by atoms with Crippen molar-refractivity contribution in [3.05, 3.63) is 24.0 Å². The maximum Gasteiger partial charge on any atom is 0.246 e. The van der Waals surface area contributed by atoms with Gasteiger partial charge in [-0.2, -0.15) is 4.31 Å². The van der Waals surface area contributed by atoms with Gasteiger partial charge in [0.15, 0.2) is 0 Å². The smallest absolute Gasteiger partial charge is 0.246 e. The average Bonchev–Trinajstić information content (AvgIpc) is 2.39. The number of aliphatic hydroxyl groups excluding tert-OH is 1. The summed E-state index contributed by atoms with van der Waals surface area (Å²) < 4.78 is 39.8. The van der Waals surface area contributed by atoms with Gasteiger partial charge >= 0.3 is 0 Å². The molecule has 1 aromatic carbocycles. The molecule has 1 aliphatic heterocycles. The highest BCUT2D eigenvalue weighted by Gasteiger charge is 2.30. The third-order valence-electron chi connectivity index (χ3n) is 3.32. The fraction of sp³-hybridized carbons (Fsp3) is 0.500. The van der Waals surface area contributed by atoms with Gasteiger partial charge in [-0.05, 0) is 18.2 Å². The van der Waals surface area contributed by atoms with E-state index < -0.39 is 15.8 Å². The average molecular weight is 303 g/mol. The third-order valence-corrected chi connectivity index (χ3v) is 5.25. The number of anilines is 1. The molecule has 112 valence electrons. The van der Waals surface area contributed by atoms with Crippen LogP contribution in [0.3, 0.4) is 0 Å². The van der Waals surface area contributed by atoms with E-state index >= 15 is 0 Å². The Morgan fingerprint density at radius 2 is 1.90 bits per heavy atom. The van der Waals surface area contributed by atoms with Crippen molar-refractivity contribution in [1.29, 1.82) is 0 Å². The quantitative estimate of drug-likeness (QED) is 0.746. The fourth-order valence-corrected chi connectivity index (χ4v) is 3.67. The van der Waals surface area contributed by atoms with Crippen molar-refractivity contribution in [1.82, 2.24) is 9.21 Å². The summed E-state index contributed by atoms with van der Waals surface area (Å²) in [6.07, 6.45) is 0. The molecular weight excluding hydrogens is 285 g/mol. The molecule has 0 spiro atoms. The Kier molecular flexibility index (Phi) is 4.59. The number of hydrogen-bond donors (Lipinski definition) is 2. The number of benzene rings is 1. The van der Waals surface area contributed by atoms with Crippen LogP contribution < -0.4 is 5.73 Å². The topological polar surface area (TPSA) is 86.9 Å². The summed E-state index contributed by atoms with van der Waals surface area (Å²) in [5.41, 5.74) is 5.61. The molecule has 1 heterocycles. The SMILES string of the molecule is Nc1ccc(S(=O)(=O)N2CCN(CCO)CC2)c(F)c1. The molecule has 0 aromatic heterocycles. The second kappa shape index (κ2) is 6.04. The standard InChI is InChI=1S/C12H18FN3O3S/c13-11-9-10(14)1-2-12(11)20(18,19)16-5-3-15(4-6-16)7-8-17/h1-2,9,17H,3-8,14H2. The molecular formula is C12H18FN3O3S. The second-order valence-corrected chi connectivity index (χ2v) is 6.57. The van der Waals surface area contributed by atoms with E-state index in [1.165, 1.54) is 16.4 Å². The predicted molar refractivity (Wildman–Crippen MR) is 73.1 cm³/mol. The number of sulfonamides is 1. The minimum atomic E-state index is -3.83. The van der Waals surface area contributed by atoms with E-state index in [0.717, 1.165) is 6.07 Å². The van der Waals surface area contributed by atoms with Gasteiger partial charge in [-0.1, -0.05) is 0 Å². The largest absolute Gasteiger partial charge is 0.399 e. The van der Waals surface area contributed by atoms with E-state index in [2.05, 4.69) is 0 Å². The Bertz CT molecular complexity index is 571. The van der Waals surface area contributed by atoms with Gasteiger partial charge < -0.3 is 10.8 Å². The number of halogens is 1. The summed E-state index contributed by atoms with van der Waals surface area (Å²) in [6, 6.07) is 3.58.